The Hall–Kier alpha value is -5.13. The normalized spacial score (nSPS) is 11.6. The molecule has 2 heterocycles. The number of fused-ring (bicyclic) bond motifs is 1. The van der Waals surface area contributed by atoms with Crippen molar-refractivity contribution in [2.24, 2.45) is 0 Å². The number of phenols is 1. The predicted octanol–water partition coefficient (Wildman–Crippen LogP) is 2.30. The summed E-state index contributed by atoms with van der Waals surface area (Å²) in [7, 11) is 1.22. The molecule has 2 amide bonds. The fourth-order valence-electron chi connectivity index (χ4n) is 4.12. The number of amides is 2. The largest absolute Gasteiger partial charge is 0.508 e. The minimum atomic E-state index is -1.00. The minimum absolute atomic E-state index is 0.0319. The third kappa shape index (κ3) is 6.80. The molecule has 0 saturated carbocycles. The average molecular weight is 532 g/mol. The monoisotopic (exact) mass is 531 g/mol. The van der Waals surface area contributed by atoms with Crippen molar-refractivity contribution >= 4 is 46.3 Å². The van der Waals surface area contributed by atoms with Gasteiger partial charge in [0.25, 0.3) is 5.91 Å². The molecule has 2 aromatic carbocycles. The number of aromatic hydroxyl groups is 1. The highest BCUT2D eigenvalue weighted by atomic mass is 16.5. The maximum absolute atomic E-state index is 12.8. The van der Waals surface area contributed by atoms with E-state index in [1.165, 1.54) is 19.2 Å². The van der Waals surface area contributed by atoms with Gasteiger partial charge in [-0.25, -0.2) is 4.79 Å². The first-order valence-corrected chi connectivity index (χ1v) is 12.2. The Morgan fingerprint density at radius 2 is 1.74 bits per heavy atom. The van der Waals surface area contributed by atoms with Crippen LogP contribution >= 0.6 is 0 Å². The fourth-order valence-corrected chi connectivity index (χ4v) is 4.12. The molecule has 4 rings (SSSR count). The Morgan fingerprint density at radius 3 is 2.44 bits per heavy atom. The highest BCUT2D eigenvalue weighted by molar-refractivity contribution is 5.97. The van der Waals surface area contributed by atoms with Crippen molar-refractivity contribution in [1.29, 1.82) is 0 Å². The number of nitrogens with one attached hydrogen (secondary N) is 3. The third-order valence-electron chi connectivity index (χ3n) is 6.16. The van der Waals surface area contributed by atoms with Gasteiger partial charge in [-0.05, 0) is 66.8 Å². The topological polar surface area (TPSA) is 198 Å². The van der Waals surface area contributed by atoms with Crippen LogP contribution < -0.4 is 22.1 Å². The number of esters is 1. The lowest BCUT2D eigenvalue weighted by Gasteiger charge is -2.16. The van der Waals surface area contributed by atoms with E-state index in [0.717, 1.165) is 16.5 Å². The summed E-state index contributed by atoms with van der Waals surface area (Å²) in [5, 5.41) is 15.4. The first-order valence-electron chi connectivity index (χ1n) is 12.2. The molecule has 0 radical (unpaired) electrons. The SMILES string of the molecule is COC(=O)[C@H](CCC(=O)Nc1ccc(O)cc1)NC(=O)c1ccc(CCc2c[nH]c3nc(N)nc(N)c23)cc1. The number of aryl methyl sites for hydroxylation is 2. The maximum Gasteiger partial charge on any atom is 0.328 e. The van der Waals surface area contributed by atoms with Crippen LogP contribution in [0.25, 0.3) is 11.0 Å². The molecule has 2 aromatic heterocycles. The van der Waals surface area contributed by atoms with Gasteiger partial charge in [0.1, 0.15) is 23.3 Å². The molecular weight excluding hydrogens is 502 g/mol. The van der Waals surface area contributed by atoms with Crippen molar-refractivity contribution in [3.05, 3.63) is 71.4 Å². The Morgan fingerprint density at radius 1 is 1.03 bits per heavy atom. The summed E-state index contributed by atoms with van der Waals surface area (Å²) in [5.41, 5.74) is 15.1. The van der Waals surface area contributed by atoms with E-state index in [2.05, 4.69) is 25.6 Å². The molecule has 0 fully saturated rings. The van der Waals surface area contributed by atoms with E-state index in [1.807, 2.05) is 18.3 Å². The van der Waals surface area contributed by atoms with E-state index in [0.29, 0.717) is 35.6 Å². The summed E-state index contributed by atoms with van der Waals surface area (Å²) >= 11 is 0. The Balaban J connectivity index is 1.33. The highest BCUT2D eigenvalue weighted by Gasteiger charge is 2.23. The molecule has 0 unspecified atom stereocenters. The number of rotatable bonds is 10. The molecule has 39 heavy (non-hydrogen) atoms. The minimum Gasteiger partial charge on any atom is -0.508 e. The van der Waals surface area contributed by atoms with Crippen LogP contribution in [0.2, 0.25) is 0 Å². The zero-order chi connectivity index (χ0) is 27.9. The lowest BCUT2D eigenvalue weighted by molar-refractivity contribution is -0.143. The van der Waals surface area contributed by atoms with Crippen LogP contribution in [0.3, 0.4) is 0 Å². The molecule has 0 spiro atoms. The molecule has 0 saturated heterocycles. The standard InChI is InChI=1S/C27H29N7O5/c1-39-26(38)20(12-13-21(36)31-18-8-10-19(35)11-9-18)32-25(37)16-5-2-15(3-6-16)4-7-17-14-30-24-22(17)23(28)33-27(29)34-24/h2-3,5-6,8-11,14,20,35H,4,7,12-13H2,1H3,(H,31,36)(H,32,37)(H5,28,29,30,33,34)/t20-/m0/s1. The number of benzene rings is 2. The van der Waals surface area contributed by atoms with Crippen LogP contribution in [0.1, 0.15) is 34.3 Å². The molecule has 0 aliphatic carbocycles. The first kappa shape index (κ1) is 26.9. The molecular formula is C27H29N7O5. The van der Waals surface area contributed by atoms with Gasteiger partial charge >= 0.3 is 5.97 Å². The van der Waals surface area contributed by atoms with Gasteiger partial charge in [0.15, 0.2) is 0 Å². The van der Waals surface area contributed by atoms with E-state index >= 15 is 0 Å². The van der Waals surface area contributed by atoms with E-state index in [9.17, 15) is 19.5 Å². The number of hydrogen-bond acceptors (Lipinski definition) is 9. The number of nitrogens with zero attached hydrogens (tertiary/aromatic N) is 2. The van der Waals surface area contributed by atoms with Crippen molar-refractivity contribution in [1.82, 2.24) is 20.3 Å². The van der Waals surface area contributed by atoms with Crippen molar-refractivity contribution in [2.75, 3.05) is 23.9 Å². The summed E-state index contributed by atoms with van der Waals surface area (Å²) in [6.07, 6.45) is 3.19. The highest BCUT2D eigenvalue weighted by Crippen LogP contribution is 2.24. The summed E-state index contributed by atoms with van der Waals surface area (Å²) in [6.45, 7) is 0. The summed E-state index contributed by atoms with van der Waals surface area (Å²) in [5.74, 6) is -0.959. The molecule has 202 valence electrons. The Labute approximate surface area is 223 Å². The molecule has 4 aromatic rings. The second kappa shape index (κ2) is 11.9. The van der Waals surface area contributed by atoms with E-state index in [-0.39, 0.29) is 30.4 Å². The number of aromatic nitrogens is 3. The van der Waals surface area contributed by atoms with E-state index in [4.69, 9.17) is 16.2 Å². The summed E-state index contributed by atoms with van der Waals surface area (Å²) < 4.78 is 4.80. The summed E-state index contributed by atoms with van der Waals surface area (Å²) in [4.78, 5) is 48.6. The van der Waals surface area contributed by atoms with Crippen molar-refractivity contribution < 1.29 is 24.2 Å². The van der Waals surface area contributed by atoms with Crippen LogP contribution in [0.4, 0.5) is 17.5 Å². The zero-order valence-electron chi connectivity index (χ0n) is 21.2. The van der Waals surface area contributed by atoms with Gasteiger partial charge in [0, 0.05) is 23.9 Å². The number of aromatic amines is 1. The zero-order valence-corrected chi connectivity index (χ0v) is 21.2. The number of ether oxygens (including phenoxy) is 1. The lowest BCUT2D eigenvalue weighted by atomic mass is 10.0. The number of anilines is 3. The maximum atomic E-state index is 12.8. The lowest BCUT2D eigenvalue weighted by Crippen LogP contribution is -2.42. The van der Waals surface area contributed by atoms with Gasteiger partial charge in [-0.1, -0.05) is 12.1 Å². The fraction of sp³-hybridized carbons (Fsp3) is 0.222. The summed E-state index contributed by atoms with van der Waals surface area (Å²) in [6, 6.07) is 12.0. The quantitative estimate of drug-likeness (QED) is 0.131. The molecule has 12 heteroatoms. The van der Waals surface area contributed by atoms with E-state index < -0.39 is 17.9 Å². The molecule has 12 nitrogen and oxygen atoms in total. The molecule has 1 atom stereocenters. The number of methoxy groups -OCH3 is 1. The van der Waals surface area contributed by atoms with Crippen LogP contribution in [0, 0.1) is 0 Å². The number of nitrogen functional groups attached to an aromatic ring is 2. The number of phenolic OH excluding ortho intramolecular Hbond substituents is 1. The number of nitrogens with two attached hydrogens (primary N) is 2. The number of carbonyl (C=O) groups excluding carboxylic acids is 3. The molecule has 0 bridgehead atoms. The van der Waals surface area contributed by atoms with E-state index in [1.54, 1.807) is 24.3 Å². The number of carbonyl (C=O) groups is 3. The Bertz CT molecular complexity index is 1480. The van der Waals surface area contributed by atoms with Crippen LogP contribution in [0.5, 0.6) is 5.75 Å². The molecule has 8 N–H and O–H groups in total. The van der Waals surface area contributed by atoms with Gasteiger partial charge in [-0.3, -0.25) is 9.59 Å². The van der Waals surface area contributed by atoms with Gasteiger partial charge in [-0.2, -0.15) is 9.97 Å². The van der Waals surface area contributed by atoms with Crippen molar-refractivity contribution in [3.63, 3.8) is 0 Å². The van der Waals surface area contributed by atoms with Gasteiger partial charge in [0.2, 0.25) is 11.9 Å². The van der Waals surface area contributed by atoms with Crippen molar-refractivity contribution in [2.45, 2.75) is 31.7 Å². The smallest absolute Gasteiger partial charge is 0.328 e. The average Bonchev–Trinajstić information content (AvgIpc) is 3.33. The van der Waals surface area contributed by atoms with Crippen LogP contribution in [-0.4, -0.2) is 51.0 Å². The van der Waals surface area contributed by atoms with Gasteiger partial charge < -0.3 is 36.9 Å². The Kier molecular flexibility index (Phi) is 8.24. The molecule has 0 aliphatic rings. The number of hydrogen-bond donors (Lipinski definition) is 6. The second-order valence-electron chi connectivity index (χ2n) is 8.88. The molecule has 0 aliphatic heterocycles. The predicted molar refractivity (Wildman–Crippen MR) is 146 cm³/mol. The first-order chi connectivity index (χ1) is 18.7. The van der Waals surface area contributed by atoms with Crippen molar-refractivity contribution in [3.8, 4) is 5.75 Å². The van der Waals surface area contributed by atoms with Gasteiger partial charge in [-0.15, -0.1) is 0 Å². The second-order valence-corrected chi connectivity index (χ2v) is 8.88. The van der Waals surface area contributed by atoms with Gasteiger partial charge in [0.05, 0.1) is 12.5 Å². The number of H-pyrrole nitrogens is 1. The van der Waals surface area contributed by atoms with Crippen LogP contribution in [-0.2, 0) is 27.2 Å². The third-order valence-corrected chi connectivity index (χ3v) is 6.16. The van der Waals surface area contributed by atoms with Crippen LogP contribution in [0.15, 0.2) is 54.7 Å².